The molecule has 0 spiro atoms. The Hall–Kier alpha value is -1.12. The lowest BCUT2D eigenvalue weighted by Gasteiger charge is -2.41. The average molecular weight is 542 g/mol. The van der Waals surface area contributed by atoms with E-state index in [4.69, 9.17) is 0 Å². The molecule has 0 saturated carbocycles. The third-order valence-corrected chi connectivity index (χ3v) is 8.73. The summed E-state index contributed by atoms with van der Waals surface area (Å²) in [4.78, 5) is 0.712. The normalized spacial score (nSPS) is 26.3. The van der Waals surface area contributed by atoms with Crippen LogP contribution in [0, 0.1) is 11.8 Å². The number of hydrogen-bond donors (Lipinski definition) is 0. The minimum atomic E-state index is 0.186. The Bertz CT molecular complexity index is 911. The van der Waals surface area contributed by atoms with Gasteiger partial charge in [-0.2, -0.15) is 0 Å². The van der Waals surface area contributed by atoms with E-state index >= 15 is 0 Å². The first-order chi connectivity index (χ1) is 14.4. The fraction of sp³-hybridized carbons (Fsp3) is 0.448. The van der Waals surface area contributed by atoms with Crippen molar-refractivity contribution < 1.29 is 0 Å². The van der Waals surface area contributed by atoms with Gasteiger partial charge < -0.3 is 0 Å². The van der Waals surface area contributed by atoms with Crippen molar-refractivity contribution >= 4 is 43.0 Å². The Morgan fingerprint density at radius 2 is 0.903 bits per heavy atom. The summed E-state index contributed by atoms with van der Waals surface area (Å²) in [6.07, 6.45) is 6.11. The van der Waals surface area contributed by atoms with Crippen LogP contribution in [0.1, 0.15) is 70.2 Å². The van der Waals surface area contributed by atoms with Gasteiger partial charge >= 0.3 is 0 Å². The molecule has 31 heavy (non-hydrogen) atoms. The SMILES string of the molecule is CC(C)(C)c1ccc(C2=C[C@@H](Br)C3CC2[C@H](Br)C=C3c2ccc(C(C)(C)C)cc2)cc1. The zero-order valence-electron chi connectivity index (χ0n) is 19.5. The molecule has 0 aromatic heterocycles. The van der Waals surface area contributed by atoms with Crippen LogP contribution in [0.25, 0.3) is 11.1 Å². The molecule has 0 amide bonds. The summed E-state index contributed by atoms with van der Waals surface area (Å²) in [5.41, 5.74) is 8.81. The molecule has 164 valence electrons. The van der Waals surface area contributed by atoms with Gasteiger partial charge in [-0.1, -0.05) is 134 Å². The fourth-order valence-corrected chi connectivity index (χ4v) is 6.47. The summed E-state index contributed by atoms with van der Waals surface area (Å²) in [7, 11) is 0. The van der Waals surface area contributed by atoms with Crippen molar-refractivity contribution in [1.29, 1.82) is 0 Å². The molecule has 2 aliphatic rings. The van der Waals surface area contributed by atoms with Crippen LogP contribution < -0.4 is 0 Å². The topological polar surface area (TPSA) is 0 Å². The zero-order valence-corrected chi connectivity index (χ0v) is 22.7. The maximum Gasteiger partial charge on any atom is 0.0400 e. The van der Waals surface area contributed by atoms with Crippen molar-refractivity contribution in [2.75, 3.05) is 0 Å². The zero-order chi connectivity index (χ0) is 22.6. The van der Waals surface area contributed by atoms with E-state index in [0.717, 1.165) is 0 Å². The van der Waals surface area contributed by atoms with Crippen molar-refractivity contribution in [3.05, 3.63) is 82.9 Å². The van der Waals surface area contributed by atoms with E-state index in [1.165, 1.54) is 39.8 Å². The Labute approximate surface area is 205 Å². The predicted molar refractivity (Wildman–Crippen MR) is 143 cm³/mol. The third kappa shape index (κ3) is 4.67. The predicted octanol–water partition coefficient (Wildman–Crippen LogP) is 8.93. The summed E-state index contributed by atoms with van der Waals surface area (Å²) in [5.74, 6) is 1.02. The van der Waals surface area contributed by atoms with E-state index in [2.05, 4.69) is 134 Å². The number of hydrogen-bond acceptors (Lipinski definition) is 0. The molecule has 0 fully saturated rings. The summed E-state index contributed by atoms with van der Waals surface area (Å²) in [5, 5.41) is 0. The van der Waals surface area contributed by atoms with Crippen molar-refractivity contribution in [2.24, 2.45) is 11.8 Å². The number of halogens is 2. The number of allylic oxidation sites excluding steroid dienone is 4. The first kappa shape index (κ1) is 23.1. The van der Waals surface area contributed by atoms with E-state index in [1.807, 2.05) is 0 Å². The second kappa shape index (κ2) is 8.34. The van der Waals surface area contributed by atoms with Gasteiger partial charge in [0.15, 0.2) is 0 Å². The third-order valence-electron chi connectivity index (χ3n) is 6.92. The van der Waals surface area contributed by atoms with E-state index in [-0.39, 0.29) is 10.8 Å². The smallest absolute Gasteiger partial charge is 0.0400 e. The maximum atomic E-state index is 4.03. The number of benzene rings is 2. The minimum absolute atomic E-state index is 0.186. The lowest BCUT2D eigenvalue weighted by Crippen LogP contribution is -2.33. The fourth-order valence-electron chi connectivity index (χ4n) is 4.90. The first-order valence-electron chi connectivity index (χ1n) is 11.4. The van der Waals surface area contributed by atoms with Gasteiger partial charge in [-0.15, -0.1) is 0 Å². The van der Waals surface area contributed by atoms with Crippen LogP contribution in [-0.2, 0) is 10.8 Å². The lowest BCUT2D eigenvalue weighted by molar-refractivity contribution is 0.488. The molecule has 2 aliphatic carbocycles. The molecule has 2 heteroatoms. The molecule has 0 saturated heterocycles. The second-order valence-corrected chi connectivity index (χ2v) is 13.4. The van der Waals surface area contributed by atoms with Crippen molar-refractivity contribution in [2.45, 2.75) is 68.4 Å². The average Bonchev–Trinajstić information content (AvgIpc) is 2.71. The van der Waals surface area contributed by atoms with Gasteiger partial charge in [0.2, 0.25) is 0 Å². The molecule has 2 aromatic rings. The summed E-state index contributed by atoms with van der Waals surface area (Å²) in [6, 6.07) is 18.5. The summed E-state index contributed by atoms with van der Waals surface area (Å²) >= 11 is 8.06. The maximum absolute atomic E-state index is 4.03. The molecule has 0 N–H and O–H groups in total. The van der Waals surface area contributed by atoms with Crippen LogP contribution in [0.4, 0.5) is 0 Å². The van der Waals surface area contributed by atoms with Gasteiger partial charge in [0.25, 0.3) is 0 Å². The molecule has 4 atom stereocenters. The molecule has 0 radical (unpaired) electrons. The number of rotatable bonds is 2. The van der Waals surface area contributed by atoms with Gasteiger partial charge in [-0.25, -0.2) is 0 Å². The molecule has 0 nitrogen and oxygen atoms in total. The molecule has 2 aromatic carbocycles. The Balaban J connectivity index is 1.63. The molecule has 0 heterocycles. The van der Waals surface area contributed by atoms with Gasteiger partial charge in [0.05, 0.1) is 0 Å². The van der Waals surface area contributed by atoms with Crippen LogP contribution in [-0.4, -0.2) is 9.65 Å². The Morgan fingerprint density at radius 1 is 0.581 bits per heavy atom. The Morgan fingerprint density at radius 3 is 1.19 bits per heavy atom. The monoisotopic (exact) mass is 540 g/mol. The van der Waals surface area contributed by atoms with Crippen LogP contribution in [0.2, 0.25) is 0 Å². The largest absolute Gasteiger partial charge is 0.0838 e. The van der Waals surface area contributed by atoms with E-state index < -0.39 is 0 Å². The van der Waals surface area contributed by atoms with Crippen LogP contribution >= 0.6 is 31.9 Å². The van der Waals surface area contributed by atoms with Gasteiger partial charge in [-0.05, 0) is 50.7 Å². The molecule has 4 rings (SSSR count). The molecule has 0 aliphatic heterocycles. The van der Waals surface area contributed by atoms with Crippen LogP contribution in [0.5, 0.6) is 0 Å². The quantitative estimate of drug-likeness (QED) is 0.333. The van der Waals surface area contributed by atoms with Gasteiger partial charge in [0.1, 0.15) is 0 Å². The first-order valence-corrected chi connectivity index (χ1v) is 13.2. The highest BCUT2D eigenvalue weighted by Gasteiger charge is 2.39. The second-order valence-electron chi connectivity index (χ2n) is 11.2. The van der Waals surface area contributed by atoms with Crippen LogP contribution in [0.3, 0.4) is 0 Å². The highest BCUT2D eigenvalue weighted by atomic mass is 79.9. The van der Waals surface area contributed by atoms with Gasteiger partial charge in [0, 0.05) is 21.5 Å². The highest BCUT2D eigenvalue weighted by Crippen LogP contribution is 2.51. The van der Waals surface area contributed by atoms with E-state index in [9.17, 15) is 0 Å². The standard InChI is InChI=1S/C29H34Br2/c1-28(2,3)20-11-7-18(8-12-20)22-16-26(30)25-15-24(22)27(31)17-23(25)19-9-13-21(14-10-19)29(4,5)6/h7-14,16-17,24-27H,15H2,1-6H3/t24?,25?,26-,27-/m1/s1. The van der Waals surface area contributed by atoms with Crippen molar-refractivity contribution in [3.63, 3.8) is 0 Å². The highest BCUT2D eigenvalue weighted by molar-refractivity contribution is 9.10. The molecule has 2 bridgehead atoms. The summed E-state index contributed by atoms with van der Waals surface area (Å²) < 4.78 is 0. The minimum Gasteiger partial charge on any atom is -0.0838 e. The molecular weight excluding hydrogens is 508 g/mol. The Kier molecular flexibility index (Phi) is 6.20. The summed E-state index contributed by atoms with van der Waals surface area (Å²) in [6.45, 7) is 13.6. The number of fused-ring (bicyclic) bond motifs is 2. The van der Waals surface area contributed by atoms with Gasteiger partial charge in [-0.3, -0.25) is 0 Å². The van der Waals surface area contributed by atoms with Crippen LogP contribution in [0.15, 0.2) is 60.7 Å². The van der Waals surface area contributed by atoms with E-state index in [1.54, 1.807) is 0 Å². The van der Waals surface area contributed by atoms with E-state index in [0.29, 0.717) is 21.5 Å². The van der Waals surface area contributed by atoms with Crippen molar-refractivity contribution in [1.82, 2.24) is 0 Å². The molecular formula is C29H34Br2. The number of alkyl halides is 2. The lowest BCUT2D eigenvalue weighted by atomic mass is 9.68. The van der Waals surface area contributed by atoms with Crippen molar-refractivity contribution in [3.8, 4) is 0 Å². The molecule has 2 unspecified atom stereocenters.